The zero-order valence-electron chi connectivity index (χ0n) is 15.7. The number of rotatable bonds is 7. The third-order valence-electron chi connectivity index (χ3n) is 5.03. The third kappa shape index (κ3) is 4.43. The van der Waals surface area contributed by atoms with Gasteiger partial charge in [-0.25, -0.2) is 4.39 Å². The molecule has 0 saturated heterocycles. The molecule has 2 rings (SSSR count). The molecular weight excluding hydrogens is 335 g/mol. The molecule has 1 heterocycles. The van der Waals surface area contributed by atoms with Gasteiger partial charge in [0.25, 0.3) is 5.91 Å². The van der Waals surface area contributed by atoms with Crippen molar-refractivity contribution in [3.05, 3.63) is 41.0 Å². The second-order valence-corrected chi connectivity index (χ2v) is 7.37. The summed E-state index contributed by atoms with van der Waals surface area (Å²) in [7, 11) is 0. The zero-order chi connectivity index (χ0) is 19.3. The van der Waals surface area contributed by atoms with Crippen LogP contribution < -0.4 is 10.6 Å². The summed E-state index contributed by atoms with van der Waals surface area (Å²) in [6.07, 6.45) is 3.24. The number of alkyl halides is 1. The normalized spacial score (nSPS) is 19.0. The number of amides is 1. The average Bonchev–Trinajstić information content (AvgIpc) is 2.63. The number of carbonyl (C=O) groups excluding carboxylic acids is 1. The number of anilines is 1. The first-order chi connectivity index (χ1) is 12.4. The van der Waals surface area contributed by atoms with E-state index in [1.807, 2.05) is 19.1 Å². The number of allylic oxidation sites excluding steroid dienone is 1. The van der Waals surface area contributed by atoms with Gasteiger partial charge in [0.2, 0.25) is 0 Å². The van der Waals surface area contributed by atoms with E-state index in [1.165, 1.54) is 0 Å². The summed E-state index contributed by atoms with van der Waals surface area (Å²) < 4.78 is 12.8. The van der Waals surface area contributed by atoms with Gasteiger partial charge in [0.15, 0.2) is 0 Å². The van der Waals surface area contributed by atoms with Crippen LogP contribution >= 0.6 is 0 Å². The van der Waals surface area contributed by atoms with Crippen molar-refractivity contribution in [1.29, 1.82) is 0 Å². The molecule has 1 aliphatic heterocycles. The van der Waals surface area contributed by atoms with E-state index in [2.05, 4.69) is 24.5 Å². The Hall–Kier alpha value is -1.92. The lowest BCUT2D eigenvalue weighted by Crippen LogP contribution is -2.41. The van der Waals surface area contributed by atoms with Crippen molar-refractivity contribution in [1.82, 2.24) is 5.32 Å². The molecule has 4 N–H and O–H groups in total. The van der Waals surface area contributed by atoms with E-state index in [9.17, 15) is 9.18 Å². The summed E-state index contributed by atoms with van der Waals surface area (Å²) in [4.78, 5) is 12.4. The van der Waals surface area contributed by atoms with Gasteiger partial charge < -0.3 is 20.8 Å². The first-order valence-electron chi connectivity index (χ1n) is 9.04. The minimum absolute atomic E-state index is 0.0751. The van der Waals surface area contributed by atoms with E-state index in [-0.39, 0.29) is 30.6 Å². The molecular formula is C20H29FN2O3. The molecule has 0 aliphatic carbocycles. The molecule has 1 unspecified atom stereocenters. The SMILES string of the molecule is CC/C(=C\CF)C1CC(C)(C)c2cc(C(=O)NC(CO)CO)ccc2N1. The van der Waals surface area contributed by atoms with Crippen LogP contribution in [0.3, 0.4) is 0 Å². The first-order valence-corrected chi connectivity index (χ1v) is 9.04. The lowest BCUT2D eigenvalue weighted by molar-refractivity contribution is 0.0879. The number of halogens is 1. The number of nitrogens with one attached hydrogen (secondary N) is 2. The molecule has 1 aromatic rings. The Balaban J connectivity index is 2.29. The van der Waals surface area contributed by atoms with Crippen molar-refractivity contribution in [2.24, 2.45) is 0 Å². The molecule has 1 atom stereocenters. The predicted octanol–water partition coefficient (Wildman–Crippen LogP) is 2.54. The molecule has 6 heteroatoms. The summed E-state index contributed by atoms with van der Waals surface area (Å²) in [5.41, 5.74) is 3.34. The Morgan fingerprint density at radius 3 is 2.69 bits per heavy atom. The monoisotopic (exact) mass is 364 g/mol. The molecule has 26 heavy (non-hydrogen) atoms. The van der Waals surface area contributed by atoms with Gasteiger partial charge in [0, 0.05) is 17.3 Å². The van der Waals surface area contributed by atoms with Gasteiger partial charge in [0.05, 0.1) is 19.3 Å². The van der Waals surface area contributed by atoms with Crippen LogP contribution in [-0.4, -0.2) is 48.1 Å². The predicted molar refractivity (Wildman–Crippen MR) is 101 cm³/mol. The summed E-state index contributed by atoms with van der Waals surface area (Å²) in [5, 5.41) is 24.3. The number of aliphatic hydroxyl groups excluding tert-OH is 2. The Bertz CT molecular complexity index is 669. The molecule has 0 saturated carbocycles. The van der Waals surface area contributed by atoms with Crippen molar-refractivity contribution >= 4 is 11.6 Å². The molecule has 0 fully saturated rings. The Kier molecular flexibility index (Phi) is 6.78. The van der Waals surface area contributed by atoms with Crippen LogP contribution in [0.1, 0.15) is 49.5 Å². The number of hydrogen-bond acceptors (Lipinski definition) is 4. The van der Waals surface area contributed by atoms with E-state index in [0.29, 0.717) is 5.56 Å². The molecule has 0 aromatic heterocycles. The maximum atomic E-state index is 12.8. The Morgan fingerprint density at radius 2 is 2.12 bits per heavy atom. The van der Waals surface area contributed by atoms with Crippen LogP contribution in [-0.2, 0) is 5.41 Å². The van der Waals surface area contributed by atoms with Crippen LogP contribution in [0.15, 0.2) is 29.8 Å². The highest BCUT2D eigenvalue weighted by Crippen LogP contribution is 2.41. The largest absolute Gasteiger partial charge is 0.394 e. The number of carbonyl (C=O) groups is 1. The van der Waals surface area contributed by atoms with Gasteiger partial charge in [-0.3, -0.25) is 4.79 Å². The summed E-state index contributed by atoms with van der Waals surface area (Å²) >= 11 is 0. The van der Waals surface area contributed by atoms with Gasteiger partial charge in [-0.2, -0.15) is 0 Å². The highest BCUT2D eigenvalue weighted by molar-refractivity contribution is 5.95. The number of hydrogen-bond donors (Lipinski definition) is 4. The minimum Gasteiger partial charge on any atom is -0.394 e. The van der Waals surface area contributed by atoms with Crippen molar-refractivity contribution in [3.8, 4) is 0 Å². The van der Waals surface area contributed by atoms with E-state index < -0.39 is 12.7 Å². The molecule has 1 aliphatic rings. The Morgan fingerprint density at radius 1 is 1.42 bits per heavy atom. The average molecular weight is 364 g/mol. The second-order valence-electron chi connectivity index (χ2n) is 7.37. The Labute approximate surface area is 154 Å². The third-order valence-corrected chi connectivity index (χ3v) is 5.03. The van der Waals surface area contributed by atoms with Crippen LogP contribution in [0.25, 0.3) is 0 Å². The minimum atomic E-state index is -0.674. The van der Waals surface area contributed by atoms with Crippen LogP contribution in [0.2, 0.25) is 0 Å². The van der Waals surface area contributed by atoms with Crippen molar-refractivity contribution in [3.63, 3.8) is 0 Å². The fraction of sp³-hybridized carbons (Fsp3) is 0.550. The maximum absolute atomic E-state index is 12.8. The molecule has 1 aromatic carbocycles. The fourth-order valence-electron chi connectivity index (χ4n) is 3.50. The highest BCUT2D eigenvalue weighted by Gasteiger charge is 2.34. The molecule has 5 nitrogen and oxygen atoms in total. The number of benzene rings is 1. The van der Waals surface area contributed by atoms with Gasteiger partial charge in [-0.1, -0.05) is 26.8 Å². The van der Waals surface area contributed by atoms with E-state index >= 15 is 0 Å². The molecule has 144 valence electrons. The van der Waals surface area contributed by atoms with E-state index in [0.717, 1.165) is 29.7 Å². The van der Waals surface area contributed by atoms with Gasteiger partial charge in [-0.05, 0) is 47.6 Å². The lowest BCUT2D eigenvalue weighted by Gasteiger charge is -2.40. The van der Waals surface area contributed by atoms with Crippen LogP contribution in [0, 0.1) is 0 Å². The molecule has 0 bridgehead atoms. The van der Waals surface area contributed by atoms with Gasteiger partial charge in [0.1, 0.15) is 6.67 Å². The van der Waals surface area contributed by atoms with Gasteiger partial charge in [-0.15, -0.1) is 0 Å². The van der Waals surface area contributed by atoms with Crippen LogP contribution in [0.5, 0.6) is 0 Å². The lowest BCUT2D eigenvalue weighted by atomic mass is 9.73. The molecule has 1 amide bonds. The summed E-state index contributed by atoms with van der Waals surface area (Å²) in [5.74, 6) is -0.328. The standard InChI is InChI=1S/C20H29FN2O3/c1-4-13(7-8-21)18-10-20(2,3)16-9-14(5-6-17(16)23-18)19(26)22-15(11-24)12-25/h5-7,9,15,18,23-25H,4,8,10-12H2,1-3H3,(H,22,26)/b13-7+. The number of fused-ring (bicyclic) bond motifs is 1. The number of aliphatic hydroxyl groups is 2. The van der Waals surface area contributed by atoms with Crippen molar-refractivity contribution in [2.45, 2.75) is 51.1 Å². The fourth-order valence-corrected chi connectivity index (χ4v) is 3.50. The van der Waals surface area contributed by atoms with Crippen molar-refractivity contribution < 1.29 is 19.4 Å². The quantitative estimate of drug-likeness (QED) is 0.561. The smallest absolute Gasteiger partial charge is 0.251 e. The van der Waals surface area contributed by atoms with Crippen LogP contribution in [0.4, 0.5) is 10.1 Å². The van der Waals surface area contributed by atoms with Gasteiger partial charge >= 0.3 is 0 Å². The maximum Gasteiger partial charge on any atom is 0.251 e. The highest BCUT2D eigenvalue weighted by atomic mass is 19.1. The second kappa shape index (κ2) is 8.64. The van der Waals surface area contributed by atoms with Crippen molar-refractivity contribution in [2.75, 3.05) is 25.2 Å². The topological polar surface area (TPSA) is 81.6 Å². The molecule has 0 radical (unpaired) electrons. The zero-order valence-corrected chi connectivity index (χ0v) is 15.7. The van der Waals surface area contributed by atoms with E-state index in [4.69, 9.17) is 10.2 Å². The van der Waals surface area contributed by atoms with E-state index in [1.54, 1.807) is 12.1 Å². The first kappa shape index (κ1) is 20.4. The summed E-state index contributed by atoms with van der Waals surface area (Å²) in [6, 6.07) is 4.84. The summed E-state index contributed by atoms with van der Waals surface area (Å²) in [6.45, 7) is 5.16. The molecule has 0 spiro atoms.